The summed E-state index contributed by atoms with van der Waals surface area (Å²) in [7, 11) is 0. The van der Waals surface area contributed by atoms with Gasteiger partial charge >= 0.3 is 6.09 Å². The first-order chi connectivity index (χ1) is 12.5. The molecule has 0 saturated heterocycles. The third-order valence-electron chi connectivity index (χ3n) is 4.00. The van der Waals surface area contributed by atoms with Crippen molar-refractivity contribution in [1.29, 1.82) is 0 Å². The third-order valence-corrected chi connectivity index (χ3v) is 4.00. The van der Waals surface area contributed by atoms with E-state index in [2.05, 4.69) is 15.3 Å². The molecular weight excluding hydrogens is 334 g/mol. The number of aliphatic hydroxyl groups is 2. The van der Waals surface area contributed by atoms with Crippen molar-refractivity contribution in [3.8, 4) is 0 Å². The summed E-state index contributed by atoms with van der Waals surface area (Å²) in [5, 5.41) is 22.9. The van der Waals surface area contributed by atoms with Crippen LogP contribution < -0.4 is 5.32 Å². The fraction of sp³-hybridized carbons (Fsp3) is 0.263. The molecule has 0 bridgehead atoms. The summed E-state index contributed by atoms with van der Waals surface area (Å²) in [5.41, 5.74) is 2.97. The number of benzene rings is 2. The summed E-state index contributed by atoms with van der Waals surface area (Å²) < 4.78 is 5.07. The van der Waals surface area contributed by atoms with Crippen LogP contribution in [0.5, 0.6) is 0 Å². The number of H-pyrrole nitrogens is 1. The number of amides is 1. The Kier molecular flexibility index (Phi) is 5.50. The number of imidazole rings is 1. The van der Waals surface area contributed by atoms with E-state index < -0.39 is 18.3 Å². The van der Waals surface area contributed by atoms with Gasteiger partial charge in [0.15, 0.2) is 0 Å². The molecule has 2 atom stereocenters. The van der Waals surface area contributed by atoms with Crippen molar-refractivity contribution in [1.82, 2.24) is 15.3 Å². The van der Waals surface area contributed by atoms with Crippen molar-refractivity contribution < 1.29 is 19.7 Å². The number of aliphatic hydroxyl groups excluding tert-OH is 2. The maximum atomic E-state index is 11.7. The van der Waals surface area contributed by atoms with Gasteiger partial charge in [-0.05, 0) is 30.2 Å². The first-order valence-corrected chi connectivity index (χ1v) is 8.30. The van der Waals surface area contributed by atoms with Gasteiger partial charge in [-0.3, -0.25) is 0 Å². The van der Waals surface area contributed by atoms with Crippen LogP contribution in [0.3, 0.4) is 0 Å². The van der Waals surface area contributed by atoms with Crippen molar-refractivity contribution in [2.75, 3.05) is 6.54 Å². The minimum Gasteiger partial charge on any atom is -0.445 e. The molecule has 0 spiro atoms. The number of alkyl carbamates (subject to hydrolysis) is 1. The van der Waals surface area contributed by atoms with Crippen molar-refractivity contribution in [2.45, 2.75) is 25.7 Å². The van der Waals surface area contributed by atoms with Crippen LogP contribution in [0.25, 0.3) is 11.0 Å². The van der Waals surface area contributed by atoms with Gasteiger partial charge in [0.05, 0.1) is 11.0 Å². The van der Waals surface area contributed by atoms with Crippen molar-refractivity contribution in [2.24, 2.45) is 0 Å². The molecule has 4 N–H and O–H groups in total. The van der Waals surface area contributed by atoms with Crippen molar-refractivity contribution in [3.63, 3.8) is 0 Å². The molecule has 0 fully saturated rings. The normalized spacial score (nSPS) is 13.3. The van der Waals surface area contributed by atoms with E-state index in [1.807, 2.05) is 37.3 Å². The minimum absolute atomic E-state index is 0.130. The molecule has 2 unspecified atom stereocenters. The molecule has 2 aromatic carbocycles. The molecular formula is C19H21N3O4. The lowest BCUT2D eigenvalue weighted by Gasteiger charge is -2.18. The number of carbonyl (C=O) groups is 1. The van der Waals surface area contributed by atoms with Gasteiger partial charge in [0, 0.05) is 6.54 Å². The Morgan fingerprint density at radius 3 is 2.77 bits per heavy atom. The van der Waals surface area contributed by atoms with E-state index in [9.17, 15) is 15.0 Å². The van der Waals surface area contributed by atoms with E-state index >= 15 is 0 Å². The first kappa shape index (κ1) is 17.9. The van der Waals surface area contributed by atoms with Crippen LogP contribution in [0.15, 0.2) is 48.5 Å². The molecule has 0 aliphatic rings. The number of nitrogens with one attached hydrogen (secondary N) is 2. The third kappa shape index (κ3) is 4.38. The van der Waals surface area contributed by atoms with Crippen LogP contribution in [0.4, 0.5) is 4.79 Å². The van der Waals surface area contributed by atoms with E-state index in [4.69, 9.17) is 4.74 Å². The Morgan fingerprint density at radius 2 is 2.00 bits per heavy atom. The van der Waals surface area contributed by atoms with Gasteiger partial charge in [0.1, 0.15) is 24.6 Å². The Balaban J connectivity index is 1.51. The zero-order valence-electron chi connectivity index (χ0n) is 14.3. The number of aromatic amines is 1. The van der Waals surface area contributed by atoms with Crippen LogP contribution in [0, 0.1) is 6.92 Å². The predicted octanol–water partition coefficient (Wildman–Crippen LogP) is 2.19. The highest BCUT2D eigenvalue weighted by Crippen LogP contribution is 2.21. The topological polar surface area (TPSA) is 107 Å². The van der Waals surface area contributed by atoms with Crippen LogP contribution in [0.2, 0.25) is 0 Å². The second kappa shape index (κ2) is 7.99. The SMILES string of the molecule is Cc1nc2ccc(C(O)C(O)CNC(=O)OCc3ccccc3)cc2[nH]1. The number of aryl methyl sites for hydroxylation is 1. The molecule has 0 radical (unpaired) electrons. The van der Waals surface area contributed by atoms with Crippen LogP contribution >= 0.6 is 0 Å². The average Bonchev–Trinajstić information content (AvgIpc) is 3.03. The summed E-state index contributed by atoms with van der Waals surface area (Å²) in [6.45, 7) is 1.85. The zero-order chi connectivity index (χ0) is 18.5. The van der Waals surface area contributed by atoms with E-state index in [-0.39, 0.29) is 13.2 Å². The Bertz CT molecular complexity index is 879. The molecule has 0 aliphatic carbocycles. The standard InChI is InChI=1S/C19H21N3O4/c1-12-21-15-8-7-14(9-16(15)22-12)18(24)17(23)10-20-19(25)26-11-13-5-3-2-4-6-13/h2-9,17-18,23-24H,10-11H2,1H3,(H,20,25)(H,21,22). The van der Waals surface area contributed by atoms with Gasteiger partial charge < -0.3 is 25.3 Å². The number of hydrogen-bond donors (Lipinski definition) is 4. The fourth-order valence-corrected chi connectivity index (χ4v) is 2.63. The van der Waals surface area contributed by atoms with Crippen LogP contribution in [-0.2, 0) is 11.3 Å². The van der Waals surface area contributed by atoms with Crippen molar-refractivity contribution >= 4 is 17.1 Å². The van der Waals surface area contributed by atoms with Gasteiger partial charge in [0.25, 0.3) is 0 Å². The maximum absolute atomic E-state index is 11.7. The second-order valence-corrected chi connectivity index (χ2v) is 6.05. The number of ether oxygens (including phenoxy) is 1. The van der Waals surface area contributed by atoms with Gasteiger partial charge in [-0.1, -0.05) is 36.4 Å². The quantitative estimate of drug-likeness (QED) is 0.542. The van der Waals surface area contributed by atoms with Gasteiger partial charge in [-0.2, -0.15) is 0 Å². The smallest absolute Gasteiger partial charge is 0.407 e. The molecule has 26 heavy (non-hydrogen) atoms. The summed E-state index contributed by atoms with van der Waals surface area (Å²) in [4.78, 5) is 19.1. The van der Waals surface area contributed by atoms with E-state index in [1.54, 1.807) is 18.2 Å². The monoisotopic (exact) mass is 355 g/mol. The highest BCUT2D eigenvalue weighted by molar-refractivity contribution is 5.76. The Labute approximate surface area is 150 Å². The highest BCUT2D eigenvalue weighted by Gasteiger charge is 2.20. The summed E-state index contributed by atoms with van der Waals surface area (Å²) >= 11 is 0. The number of rotatable bonds is 6. The zero-order valence-corrected chi connectivity index (χ0v) is 14.3. The number of aromatic nitrogens is 2. The predicted molar refractivity (Wildman–Crippen MR) is 96.4 cm³/mol. The average molecular weight is 355 g/mol. The highest BCUT2D eigenvalue weighted by atomic mass is 16.5. The fourth-order valence-electron chi connectivity index (χ4n) is 2.63. The molecule has 3 aromatic rings. The summed E-state index contributed by atoms with van der Waals surface area (Å²) in [5.74, 6) is 0.773. The summed E-state index contributed by atoms with van der Waals surface area (Å²) in [6.07, 6.45) is -2.96. The van der Waals surface area contributed by atoms with E-state index in [0.717, 1.165) is 22.4 Å². The number of hydrogen-bond acceptors (Lipinski definition) is 5. The maximum Gasteiger partial charge on any atom is 0.407 e. The number of carbonyl (C=O) groups excluding carboxylic acids is 1. The largest absolute Gasteiger partial charge is 0.445 e. The van der Waals surface area contributed by atoms with Crippen LogP contribution in [-0.4, -0.2) is 38.9 Å². The first-order valence-electron chi connectivity index (χ1n) is 8.30. The molecule has 7 nitrogen and oxygen atoms in total. The number of fused-ring (bicyclic) bond motifs is 1. The second-order valence-electron chi connectivity index (χ2n) is 6.05. The van der Waals surface area contributed by atoms with Gasteiger partial charge in [-0.25, -0.2) is 9.78 Å². The van der Waals surface area contributed by atoms with E-state index in [0.29, 0.717) is 5.56 Å². The van der Waals surface area contributed by atoms with Gasteiger partial charge in [-0.15, -0.1) is 0 Å². The van der Waals surface area contributed by atoms with Crippen molar-refractivity contribution in [3.05, 3.63) is 65.5 Å². The number of nitrogens with zero attached hydrogens (tertiary/aromatic N) is 1. The molecule has 0 saturated carbocycles. The molecule has 1 amide bonds. The molecule has 1 aromatic heterocycles. The molecule has 1 heterocycles. The molecule has 0 aliphatic heterocycles. The molecule has 136 valence electrons. The minimum atomic E-state index is -1.17. The van der Waals surface area contributed by atoms with E-state index in [1.165, 1.54) is 0 Å². The summed E-state index contributed by atoms with van der Waals surface area (Å²) in [6, 6.07) is 14.5. The van der Waals surface area contributed by atoms with Crippen LogP contribution in [0.1, 0.15) is 23.1 Å². The lowest BCUT2D eigenvalue weighted by atomic mass is 10.0. The Hall–Kier alpha value is -2.90. The van der Waals surface area contributed by atoms with Gasteiger partial charge in [0.2, 0.25) is 0 Å². The lowest BCUT2D eigenvalue weighted by molar-refractivity contribution is 0.0185. The molecule has 3 rings (SSSR count). The Morgan fingerprint density at radius 1 is 1.23 bits per heavy atom. The molecule has 7 heteroatoms. The lowest BCUT2D eigenvalue weighted by Crippen LogP contribution is -2.35.